The molecule has 0 heterocycles. The third kappa shape index (κ3) is 3.26. The van der Waals surface area contributed by atoms with E-state index in [-0.39, 0.29) is 11.3 Å². The Morgan fingerprint density at radius 2 is 1.76 bits per heavy atom. The lowest BCUT2D eigenvalue weighted by atomic mass is 10.1. The van der Waals surface area contributed by atoms with E-state index in [9.17, 15) is 13.2 Å². The summed E-state index contributed by atoms with van der Waals surface area (Å²) >= 11 is 0. The van der Waals surface area contributed by atoms with Crippen molar-refractivity contribution in [1.29, 1.82) is 5.26 Å². The number of nitriles is 1. The summed E-state index contributed by atoms with van der Waals surface area (Å²) in [6.45, 7) is 1.87. The van der Waals surface area contributed by atoms with E-state index >= 15 is 0 Å². The molecule has 3 nitrogen and oxygen atoms in total. The summed E-state index contributed by atoms with van der Waals surface area (Å²) in [6.07, 6.45) is -4.48. The summed E-state index contributed by atoms with van der Waals surface area (Å²) < 4.78 is 37.9. The molecule has 0 unspecified atom stereocenters. The number of anilines is 3. The molecule has 0 aromatic heterocycles. The molecule has 0 bridgehead atoms. The number of rotatable bonds is 2. The van der Waals surface area contributed by atoms with Crippen molar-refractivity contribution in [2.75, 3.05) is 11.1 Å². The highest BCUT2D eigenvalue weighted by Crippen LogP contribution is 2.33. The second-order valence-electron chi connectivity index (χ2n) is 4.59. The molecule has 0 aliphatic carbocycles. The van der Waals surface area contributed by atoms with Gasteiger partial charge < -0.3 is 11.1 Å². The average molecular weight is 291 g/mol. The fourth-order valence-electron chi connectivity index (χ4n) is 1.86. The third-order valence-corrected chi connectivity index (χ3v) is 2.94. The van der Waals surface area contributed by atoms with Crippen LogP contribution in [-0.4, -0.2) is 0 Å². The number of nitrogen functional groups attached to an aromatic ring is 1. The lowest BCUT2D eigenvalue weighted by molar-refractivity contribution is -0.137. The van der Waals surface area contributed by atoms with Crippen LogP contribution in [0.5, 0.6) is 0 Å². The second-order valence-corrected chi connectivity index (χ2v) is 4.59. The number of benzene rings is 2. The minimum absolute atomic E-state index is 0.0928. The van der Waals surface area contributed by atoms with Crippen LogP contribution in [0.15, 0.2) is 36.4 Å². The van der Waals surface area contributed by atoms with Gasteiger partial charge in [-0.25, -0.2) is 0 Å². The van der Waals surface area contributed by atoms with Crippen LogP contribution in [-0.2, 0) is 6.18 Å². The van der Waals surface area contributed by atoms with Gasteiger partial charge in [0, 0.05) is 0 Å². The van der Waals surface area contributed by atoms with Crippen LogP contribution in [0.25, 0.3) is 0 Å². The average Bonchev–Trinajstić information content (AvgIpc) is 2.41. The van der Waals surface area contributed by atoms with Gasteiger partial charge in [-0.3, -0.25) is 0 Å². The van der Waals surface area contributed by atoms with E-state index in [0.717, 1.165) is 17.7 Å². The predicted molar refractivity (Wildman–Crippen MR) is 75.0 cm³/mol. The van der Waals surface area contributed by atoms with Crippen LogP contribution in [0.1, 0.15) is 16.7 Å². The Balaban J connectivity index is 2.39. The van der Waals surface area contributed by atoms with Gasteiger partial charge in [-0.05, 0) is 42.8 Å². The van der Waals surface area contributed by atoms with Crippen LogP contribution >= 0.6 is 0 Å². The number of alkyl halides is 3. The first-order valence-corrected chi connectivity index (χ1v) is 6.06. The number of nitrogens with zero attached hydrogens (tertiary/aromatic N) is 1. The molecular weight excluding hydrogens is 279 g/mol. The Bertz CT molecular complexity index is 715. The molecule has 108 valence electrons. The Kier molecular flexibility index (Phi) is 3.76. The first-order valence-electron chi connectivity index (χ1n) is 6.06. The standard InChI is InChI=1S/C15H12F3N3/c1-9-2-4-14(12(20)6-9)21-13-5-3-11(15(16,17)18)7-10(13)8-19/h2-7,21H,20H2,1H3. The van der Waals surface area contributed by atoms with Gasteiger partial charge in [-0.1, -0.05) is 6.07 Å². The Morgan fingerprint density at radius 1 is 1.10 bits per heavy atom. The van der Waals surface area contributed by atoms with Crippen molar-refractivity contribution in [3.8, 4) is 6.07 Å². The van der Waals surface area contributed by atoms with E-state index < -0.39 is 11.7 Å². The fourth-order valence-corrected chi connectivity index (χ4v) is 1.86. The van der Waals surface area contributed by atoms with Crippen molar-refractivity contribution in [1.82, 2.24) is 0 Å². The molecule has 0 spiro atoms. The first kappa shape index (κ1) is 14.7. The highest BCUT2D eigenvalue weighted by Gasteiger charge is 2.31. The topological polar surface area (TPSA) is 61.8 Å². The van der Waals surface area contributed by atoms with Gasteiger partial charge in [0.2, 0.25) is 0 Å². The van der Waals surface area contributed by atoms with Gasteiger partial charge in [-0.2, -0.15) is 18.4 Å². The first-order chi connectivity index (χ1) is 9.81. The summed E-state index contributed by atoms with van der Waals surface area (Å²) in [5.41, 5.74) is 7.12. The summed E-state index contributed by atoms with van der Waals surface area (Å²) in [5, 5.41) is 11.9. The Labute approximate surface area is 119 Å². The molecule has 2 aromatic rings. The number of hydrogen-bond donors (Lipinski definition) is 2. The van der Waals surface area contributed by atoms with E-state index in [2.05, 4.69) is 5.32 Å². The molecule has 0 aliphatic rings. The van der Waals surface area contributed by atoms with Crippen molar-refractivity contribution in [2.45, 2.75) is 13.1 Å². The van der Waals surface area contributed by atoms with Crippen molar-refractivity contribution in [3.63, 3.8) is 0 Å². The van der Waals surface area contributed by atoms with Gasteiger partial charge in [-0.15, -0.1) is 0 Å². The molecule has 21 heavy (non-hydrogen) atoms. The molecule has 6 heteroatoms. The van der Waals surface area contributed by atoms with Crippen LogP contribution in [0.3, 0.4) is 0 Å². The normalized spacial score (nSPS) is 11.0. The minimum atomic E-state index is -4.48. The highest BCUT2D eigenvalue weighted by molar-refractivity contribution is 5.75. The van der Waals surface area contributed by atoms with E-state index in [4.69, 9.17) is 11.0 Å². The second kappa shape index (κ2) is 5.37. The zero-order valence-electron chi connectivity index (χ0n) is 11.1. The van der Waals surface area contributed by atoms with Crippen LogP contribution in [0, 0.1) is 18.3 Å². The number of nitrogens with one attached hydrogen (secondary N) is 1. The molecule has 0 atom stereocenters. The van der Waals surface area contributed by atoms with Crippen molar-refractivity contribution < 1.29 is 13.2 Å². The zero-order valence-corrected chi connectivity index (χ0v) is 11.1. The van der Waals surface area contributed by atoms with Gasteiger partial charge in [0.15, 0.2) is 0 Å². The molecular formula is C15H12F3N3. The predicted octanol–water partition coefficient (Wildman–Crippen LogP) is 4.21. The van der Waals surface area contributed by atoms with E-state index in [1.165, 1.54) is 6.07 Å². The van der Waals surface area contributed by atoms with Gasteiger partial charge in [0.25, 0.3) is 0 Å². The monoisotopic (exact) mass is 291 g/mol. The molecule has 0 saturated heterocycles. The van der Waals surface area contributed by atoms with E-state index in [0.29, 0.717) is 11.4 Å². The van der Waals surface area contributed by atoms with E-state index in [1.54, 1.807) is 18.2 Å². The summed E-state index contributed by atoms with van der Waals surface area (Å²) in [6, 6.07) is 9.98. The van der Waals surface area contributed by atoms with Crippen molar-refractivity contribution >= 4 is 17.1 Å². The Morgan fingerprint density at radius 3 is 2.33 bits per heavy atom. The highest BCUT2D eigenvalue weighted by atomic mass is 19.4. The SMILES string of the molecule is Cc1ccc(Nc2ccc(C(F)(F)F)cc2C#N)c(N)c1. The van der Waals surface area contributed by atoms with Crippen LogP contribution < -0.4 is 11.1 Å². The Hall–Kier alpha value is -2.68. The van der Waals surface area contributed by atoms with E-state index in [1.807, 2.05) is 13.0 Å². The van der Waals surface area contributed by atoms with Crippen molar-refractivity contribution in [2.24, 2.45) is 0 Å². The number of hydrogen-bond acceptors (Lipinski definition) is 3. The molecule has 3 N–H and O–H groups in total. The minimum Gasteiger partial charge on any atom is -0.397 e. The fraction of sp³-hybridized carbons (Fsp3) is 0.133. The zero-order chi connectivity index (χ0) is 15.6. The van der Waals surface area contributed by atoms with Gasteiger partial charge in [0.05, 0.1) is 28.2 Å². The number of halogens is 3. The number of aryl methyl sites for hydroxylation is 1. The summed E-state index contributed by atoms with van der Waals surface area (Å²) in [7, 11) is 0. The lowest BCUT2D eigenvalue weighted by Crippen LogP contribution is -2.06. The molecule has 0 saturated carbocycles. The molecule has 0 aliphatic heterocycles. The van der Waals surface area contributed by atoms with Crippen LogP contribution in [0.2, 0.25) is 0 Å². The number of nitrogens with two attached hydrogens (primary N) is 1. The van der Waals surface area contributed by atoms with Gasteiger partial charge >= 0.3 is 6.18 Å². The van der Waals surface area contributed by atoms with Crippen LogP contribution in [0.4, 0.5) is 30.2 Å². The molecule has 0 radical (unpaired) electrons. The summed E-state index contributed by atoms with van der Waals surface area (Å²) in [4.78, 5) is 0. The molecule has 2 rings (SSSR count). The quantitative estimate of drug-likeness (QED) is 0.815. The lowest BCUT2D eigenvalue weighted by Gasteiger charge is -2.13. The maximum atomic E-state index is 12.6. The van der Waals surface area contributed by atoms with Gasteiger partial charge in [0.1, 0.15) is 6.07 Å². The third-order valence-electron chi connectivity index (χ3n) is 2.94. The largest absolute Gasteiger partial charge is 0.416 e. The molecule has 0 amide bonds. The maximum Gasteiger partial charge on any atom is 0.416 e. The summed E-state index contributed by atoms with van der Waals surface area (Å²) in [5.74, 6) is 0. The van der Waals surface area contributed by atoms with Crippen molar-refractivity contribution in [3.05, 3.63) is 53.1 Å². The maximum absolute atomic E-state index is 12.6. The molecule has 0 fully saturated rings. The molecule has 2 aromatic carbocycles. The smallest absolute Gasteiger partial charge is 0.397 e.